The molecule has 1 aliphatic heterocycles. The molecule has 0 saturated heterocycles. The monoisotopic (exact) mass is 611 g/mol. The van der Waals surface area contributed by atoms with E-state index in [4.69, 9.17) is 10.2 Å². The second kappa shape index (κ2) is 10.4. The first-order valence-electron chi connectivity index (χ1n) is 11.5. The van der Waals surface area contributed by atoms with Crippen molar-refractivity contribution in [3.8, 4) is 6.07 Å². The molecule has 1 unspecified atom stereocenters. The van der Waals surface area contributed by atoms with Gasteiger partial charge >= 0.3 is 0 Å². The number of carbonyl (C=O) groups is 2. The first-order valence-corrected chi connectivity index (χ1v) is 14.1. The van der Waals surface area contributed by atoms with Gasteiger partial charge in [-0.1, -0.05) is 36.9 Å². The summed E-state index contributed by atoms with van der Waals surface area (Å²) < 4.78 is 6.99. The fraction of sp³-hybridized carbons (Fsp3) is 0.280. The van der Waals surface area contributed by atoms with Gasteiger partial charge in [0.2, 0.25) is 11.0 Å². The molecule has 1 amide bonds. The maximum Gasteiger partial charge on any atom is 0.235 e. The standard InChI is InChI=1S/C25H22BrN7O3S2/c1-25(2)8-15-21(16(34)9-25)20(17-4-3-7-36-17)14(10-27)22(28)33(15)23-31-32-24(38-23)37-12-19(35)30-18-6-5-13(26)11-29-18/h3-7,11,20H,8-9,12,28H2,1-2H3,(H,29,30,35). The number of nitrogens with zero attached hydrogens (tertiary/aromatic N) is 5. The van der Waals surface area contributed by atoms with Crippen LogP contribution in [0.3, 0.4) is 0 Å². The third-order valence-corrected chi connectivity index (χ3v) is 8.63. The second-order valence-corrected chi connectivity index (χ2v) is 12.6. The van der Waals surface area contributed by atoms with Gasteiger partial charge in [0.1, 0.15) is 17.4 Å². The van der Waals surface area contributed by atoms with Crippen LogP contribution in [-0.2, 0) is 9.59 Å². The molecule has 0 aromatic carbocycles. The van der Waals surface area contributed by atoms with Crippen molar-refractivity contribution in [1.29, 1.82) is 5.26 Å². The van der Waals surface area contributed by atoms with Crippen LogP contribution in [-0.4, -0.2) is 32.6 Å². The molecule has 13 heteroatoms. The van der Waals surface area contributed by atoms with Crippen LogP contribution in [0.2, 0.25) is 0 Å². The summed E-state index contributed by atoms with van der Waals surface area (Å²) in [5, 5.41) is 21.8. The van der Waals surface area contributed by atoms with Crippen LogP contribution in [0.4, 0.5) is 10.9 Å². The maximum absolute atomic E-state index is 13.5. The third kappa shape index (κ3) is 5.11. The zero-order valence-electron chi connectivity index (χ0n) is 20.4. The molecule has 0 bridgehead atoms. The molecule has 0 spiro atoms. The van der Waals surface area contributed by atoms with Gasteiger partial charge in [-0.25, -0.2) is 4.98 Å². The van der Waals surface area contributed by atoms with Gasteiger partial charge in [0.15, 0.2) is 10.1 Å². The van der Waals surface area contributed by atoms with E-state index in [1.165, 1.54) is 29.4 Å². The fourth-order valence-electron chi connectivity index (χ4n) is 4.57. The Morgan fingerprint density at radius 2 is 2.18 bits per heavy atom. The average Bonchev–Trinajstić information content (AvgIpc) is 3.55. The Hall–Kier alpha value is -3.47. The molecule has 4 heterocycles. The summed E-state index contributed by atoms with van der Waals surface area (Å²) in [5.41, 5.74) is 7.68. The predicted octanol–water partition coefficient (Wildman–Crippen LogP) is 4.96. The number of nitriles is 1. The number of hydrogen-bond acceptors (Lipinski definition) is 11. The number of thioether (sulfide) groups is 1. The van der Waals surface area contributed by atoms with E-state index in [9.17, 15) is 14.9 Å². The number of halogens is 1. The lowest BCUT2D eigenvalue weighted by atomic mass is 9.69. The Morgan fingerprint density at radius 1 is 1.37 bits per heavy atom. The first-order chi connectivity index (χ1) is 18.2. The molecule has 1 atom stereocenters. The Bertz CT molecular complexity index is 1500. The van der Waals surface area contributed by atoms with Crippen molar-refractivity contribution >= 4 is 61.7 Å². The van der Waals surface area contributed by atoms with E-state index in [0.29, 0.717) is 45.2 Å². The van der Waals surface area contributed by atoms with Crippen molar-refractivity contribution in [1.82, 2.24) is 15.2 Å². The Kier molecular flexibility index (Phi) is 7.13. The molecule has 0 radical (unpaired) electrons. The third-order valence-electron chi connectivity index (χ3n) is 6.12. The SMILES string of the molecule is CC1(C)CC(=O)C2=C(C1)N(c1nnc(SCC(=O)Nc3ccc(Br)cn3)s1)C(N)=C(C#N)C2c1ccco1. The highest BCUT2D eigenvalue weighted by Crippen LogP contribution is 2.50. The minimum atomic E-state index is -0.678. The Balaban J connectivity index is 1.43. The van der Waals surface area contributed by atoms with Gasteiger partial charge in [-0.05, 0) is 52.0 Å². The lowest BCUT2D eigenvalue weighted by Gasteiger charge is -2.42. The number of hydrogen-bond donors (Lipinski definition) is 2. The largest absolute Gasteiger partial charge is 0.468 e. The van der Waals surface area contributed by atoms with Crippen LogP contribution in [0.5, 0.6) is 0 Å². The highest BCUT2D eigenvalue weighted by atomic mass is 79.9. The number of pyridine rings is 1. The fourth-order valence-corrected chi connectivity index (χ4v) is 6.49. The highest BCUT2D eigenvalue weighted by molar-refractivity contribution is 9.10. The van der Waals surface area contributed by atoms with Crippen LogP contribution in [0.25, 0.3) is 0 Å². The van der Waals surface area contributed by atoms with E-state index in [1.807, 2.05) is 13.8 Å². The summed E-state index contributed by atoms with van der Waals surface area (Å²) in [5.74, 6) is 0.247. The van der Waals surface area contributed by atoms with Crippen molar-refractivity contribution in [2.75, 3.05) is 16.0 Å². The summed E-state index contributed by atoms with van der Waals surface area (Å²) in [7, 11) is 0. The minimum Gasteiger partial charge on any atom is -0.468 e. The maximum atomic E-state index is 13.5. The number of furan rings is 1. The van der Waals surface area contributed by atoms with Crippen molar-refractivity contribution in [2.45, 2.75) is 36.9 Å². The molecule has 194 valence electrons. The molecule has 5 rings (SSSR count). The molecule has 0 saturated carbocycles. The van der Waals surface area contributed by atoms with Gasteiger partial charge in [-0.15, -0.1) is 10.2 Å². The molecule has 3 N–H and O–H groups in total. The van der Waals surface area contributed by atoms with E-state index in [0.717, 1.165) is 4.47 Å². The normalized spacial score (nSPS) is 18.8. The van der Waals surface area contributed by atoms with Gasteiger partial charge in [-0.3, -0.25) is 14.5 Å². The Labute approximate surface area is 235 Å². The molecule has 10 nitrogen and oxygen atoms in total. The lowest BCUT2D eigenvalue weighted by molar-refractivity contribution is -0.118. The zero-order chi connectivity index (χ0) is 27.0. The molecule has 38 heavy (non-hydrogen) atoms. The van der Waals surface area contributed by atoms with Crippen molar-refractivity contribution in [2.24, 2.45) is 11.1 Å². The number of anilines is 2. The zero-order valence-corrected chi connectivity index (χ0v) is 23.6. The minimum absolute atomic E-state index is 0.0553. The Morgan fingerprint density at radius 3 is 2.87 bits per heavy atom. The predicted molar refractivity (Wildman–Crippen MR) is 147 cm³/mol. The van der Waals surface area contributed by atoms with Gasteiger partial charge in [0, 0.05) is 28.4 Å². The molecular weight excluding hydrogens is 590 g/mol. The van der Waals surface area contributed by atoms with E-state index < -0.39 is 5.92 Å². The number of allylic oxidation sites excluding steroid dienone is 3. The van der Waals surface area contributed by atoms with Crippen molar-refractivity contribution in [3.63, 3.8) is 0 Å². The van der Waals surface area contributed by atoms with Crippen LogP contribution < -0.4 is 16.0 Å². The number of Topliss-reactive ketones (excluding diaryl/α,β-unsaturated/α-hetero) is 1. The van der Waals surface area contributed by atoms with E-state index in [1.54, 1.807) is 35.4 Å². The van der Waals surface area contributed by atoms with Gasteiger partial charge in [-0.2, -0.15) is 5.26 Å². The van der Waals surface area contributed by atoms with Crippen LogP contribution in [0, 0.1) is 16.7 Å². The number of aromatic nitrogens is 3. The smallest absolute Gasteiger partial charge is 0.235 e. The number of ketones is 1. The topological polar surface area (TPSA) is 151 Å². The van der Waals surface area contributed by atoms with Crippen LogP contribution in [0.1, 0.15) is 38.4 Å². The van der Waals surface area contributed by atoms with E-state index in [2.05, 4.69) is 42.5 Å². The molecule has 3 aromatic heterocycles. The van der Waals surface area contributed by atoms with E-state index >= 15 is 0 Å². The summed E-state index contributed by atoms with van der Waals surface area (Å²) >= 11 is 5.77. The van der Waals surface area contributed by atoms with Gasteiger partial charge in [0.25, 0.3) is 0 Å². The number of nitrogens with one attached hydrogen (secondary N) is 1. The molecule has 1 aliphatic carbocycles. The van der Waals surface area contributed by atoms with Crippen molar-refractivity contribution in [3.05, 3.63) is 69.6 Å². The number of carbonyl (C=O) groups excluding carboxylic acids is 2. The second-order valence-electron chi connectivity index (χ2n) is 9.54. The molecule has 0 fully saturated rings. The molecule has 2 aliphatic rings. The quantitative estimate of drug-likeness (QED) is 0.366. The molecule has 3 aromatic rings. The van der Waals surface area contributed by atoms with Crippen LogP contribution >= 0.6 is 39.0 Å². The van der Waals surface area contributed by atoms with Gasteiger partial charge in [0.05, 0.1) is 29.6 Å². The average molecular weight is 613 g/mol. The molecular formula is C25H22BrN7O3S2. The summed E-state index contributed by atoms with van der Waals surface area (Å²) in [4.78, 5) is 31.7. The number of rotatable bonds is 6. The lowest BCUT2D eigenvalue weighted by Crippen LogP contribution is -2.42. The van der Waals surface area contributed by atoms with Gasteiger partial charge < -0.3 is 15.5 Å². The van der Waals surface area contributed by atoms with E-state index in [-0.39, 0.29) is 34.3 Å². The van der Waals surface area contributed by atoms with Crippen molar-refractivity contribution < 1.29 is 14.0 Å². The summed E-state index contributed by atoms with van der Waals surface area (Å²) in [6.07, 6.45) is 4.01. The number of nitrogens with two attached hydrogens (primary N) is 1. The number of amides is 1. The highest BCUT2D eigenvalue weighted by Gasteiger charge is 2.46. The first kappa shape index (κ1) is 26.1. The summed E-state index contributed by atoms with van der Waals surface area (Å²) in [6, 6.07) is 9.15. The van der Waals surface area contributed by atoms with Crippen LogP contribution in [0.15, 0.2) is 72.6 Å². The summed E-state index contributed by atoms with van der Waals surface area (Å²) in [6.45, 7) is 4.05.